The van der Waals surface area contributed by atoms with Gasteiger partial charge in [0, 0.05) is 29.2 Å². The normalized spacial score (nSPS) is 20.0. The zero-order valence-corrected chi connectivity index (χ0v) is 26.1. The van der Waals surface area contributed by atoms with Crippen LogP contribution >= 0.6 is 15.9 Å². The highest BCUT2D eigenvalue weighted by Gasteiger charge is 2.43. The summed E-state index contributed by atoms with van der Waals surface area (Å²) in [5.41, 5.74) is 2.27. The third kappa shape index (κ3) is 7.78. The standard InChI is InChI=1S/C26H24BrN3O6.C5H10N2O/c1-15(2)36-22-13-20(30(34)35)11-12-21(22)25-28-23(16-3-5-18(6-4-16)26(32)33)24(29(25)14-31)17-7-9-19(27)10-8-17;1-7-3-2-6-5(8)4-7/h3-15,23-25,28H,1-2H3,(H,32,33);2-4H2,1H3,(H,6,8). The molecular formula is C31H34BrN5O7. The van der Waals surface area contributed by atoms with Gasteiger partial charge in [0.25, 0.3) is 5.69 Å². The van der Waals surface area contributed by atoms with Crippen molar-refractivity contribution in [2.75, 3.05) is 26.7 Å². The van der Waals surface area contributed by atoms with Crippen molar-refractivity contribution < 1.29 is 29.2 Å². The Hall–Kier alpha value is -4.33. The Bertz CT molecular complexity index is 1500. The Balaban J connectivity index is 0.000000479. The van der Waals surface area contributed by atoms with E-state index in [-0.39, 0.29) is 23.3 Å². The average Bonchev–Trinajstić information content (AvgIpc) is 3.37. The maximum Gasteiger partial charge on any atom is 0.335 e. The molecule has 5 rings (SSSR count). The Morgan fingerprint density at radius 1 is 1.11 bits per heavy atom. The SMILES string of the molecule is CC(C)Oc1cc([N+](=O)[O-])ccc1C1NC(c2ccc(C(=O)O)cc2)C(c2ccc(Br)cc2)N1C=O.CN1CCNC(=O)C1. The van der Waals surface area contributed by atoms with E-state index in [2.05, 4.69) is 26.6 Å². The number of benzene rings is 3. The van der Waals surface area contributed by atoms with Crippen LogP contribution in [0, 0.1) is 10.1 Å². The number of non-ortho nitro benzene ring substituents is 1. The van der Waals surface area contributed by atoms with E-state index >= 15 is 0 Å². The number of likely N-dealkylation sites (N-methyl/N-ethyl adjacent to an activating group) is 1. The fourth-order valence-electron chi connectivity index (χ4n) is 5.18. The molecular weight excluding hydrogens is 634 g/mol. The molecule has 0 bridgehead atoms. The number of amides is 2. The number of carboxylic acid groups (broad SMARTS) is 1. The van der Waals surface area contributed by atoms with Gasteiger partial charge in [-0.05, 0) is 62.4 Å². The lowest BCUT2D eigenvalue weighted by molar-refractivity contribution is -0.385. The smallest absolute Gasteiger partial charge is 0.335 e. The second-order valence-electron chi connectivity index (χ2n) is 10.8. The molecule has 3 aromatic rings. The predicted molar refractivity (Wildman–Crippen MR) is 166 cm³/mol. The predicted octanol–water partition coefficient (Wildman–Crippen LogP) is 4.43. The lowest BCUT2D eigenvalue weighted by Crippen LogP contribution is -2.45. The van der Waals surface area contributed by atoms with Crippen molar-refractivity contribution in [1.82, 2.24) is 20.4 Å². The van der Waals surface area contributed by atoms with Crippen molar-refractivity contribution in [2.45, 2.75) is 38.2 Å². The molecule has 2 fully saturated rings. The zero-order chi connectivity index (χ0) is 32.0. The summed E-state index contributed by atoms with van der Waals surface area (Å²) in [5, 5.41) is 26.9. The number of carbonyl (C=O) groups excluding carboxylic acids is 2. The number of nitro groups is 1. The molecule has 232 valence electrons. The Labute approximate surface area is 263 Å². The van der Waals surface area contributed by atoms with Crippen LogP contribution in [-0.4, -0.2) is 70.9 Å². The number of aromatic carboxylic acids is 1. The van der Waals surface area contributed by atoms with Crippen molar-refractivity contribution >= 4 is 39.9 Å². The van der Waals surface area contributed by atoms with E-state index in [1.54, 1.807) is 23.1 Å². The summed E-state index contributed by atoms with van der Waals surface area (Å²) < 4.78 is 6.81. The first kappa shape index (κ1) is 32.6. The maximum atomic E-state index is 12.5. The van der Waals surface area contributed by atoms with Crippen LogP contribution in [0.4, 0.5) is 5.69 Å². The van der Waals surface area contributed by atoms with Gasteiger partial charge >= 0.3 is 5.97 Å². The monoisotopic (exact) mass is 667 g/mol. The van der Waals surface area contributed by atoms with Crippen LogP contribution in [-0.2, 0) is 9.59 Å². The average molecular weight is 669 g/mol. The minimum absolute atomic E-state index is 0.115. The molecule has 0 aromatic heterocycles. The number of piperazine rings is 1. The molecule has 12 nitrogen and oxygen atoms in total. The van der Waals surface area contributed by atoms with Crippen LogP contribution in [0.25, 0.3) is 0 Å². The van der Waals surface area contributed by atoms with Gasteiger partial charge in [0.05, 0.1) is 41.3 Å². The molecule has 0 radical (unpaired) electrons. The van der Waals surface area contributed by atoms with Crippen molar-refractivity contribution in [3.63, 3.8) is 0 Å². The second-order valence-corrected chi connectivity index (χ2v) is 11.7. The van der Waals surface area contributed by atoms with E-state index < -0.39 is 29.1 Å². The van der Waals surface area contributed by atoms with Gasteiger partial charge in [-0.1, -0.05) is 40.2 Å². The van der Waals surface area contributed by atoms with Crippen LogP contribution in [0.1, 0.15) is 59.1 Å². The molecule has 0 saturated carbocycles. The Kier molecular flexibility index (Phi) is 10.7. The first-order valence-corrected chi connectivity index (χ1v) is 14.8. The molecule has 3 unspecified atom stereocenters. The third-order valence-corrected chi connectivity index (χ3v) is 7.75. The molecule has 13 heteroatoms. The minimum Gasteiger partial charge on any atom is -0.490 e. The molecule has 2 amide bonds. The van der Waals surface area contributed by atoms with Gasteiger partial charge in [0.1, 0.15) is 11.9 Å². The minimum atomic E-state index is -1.03. The molecule has 44 heavy (non-hydrogen) atoms. The van der Waals surface area contributed by atoms with Crippen molar-refractivity contribution in [3.05, 3.63) is 104 Å². The summed E-state index contributed by atoms with van der Waals surface area (Å²) in [6.45, 7) is 5.97. The van der Waals surface area contributed by atoms with E-state index in [9.17, 15) is 29.6 Å². The molecule has 0 aliphatic carbocycles. The van der Waals surface area contributed by atoms with Crippen LogP contribution in [0.15, 0.2) is 71.2 Å². The fourth-order valence-corrected chi connectivity index (χ4v) is 5.44. The third-order valence-electron chi connectivity index (χ3n) is 7.22. The number of hydrogen-bond acceptors (Lipinski definition) is 8. The van der Waals surface area contributed by atoms with Crippen molar-refractivity contribution in [1.29, 1.82) is 0 Å². The van der Waals surface area contributed by atoms with E-state index in [0.717, 1.165) is 35.1 Å². The van der Waals surface area contributed by atoms with E-state index in [1.807, 2.05) is 50.1 Å². The molecule has 2 heterocycles. The fraction of sp³-hybridized carbons (Fsp3) is 0.323. The van der Waals surface area contributed by atoms with Gasteiger partial charge in [0.2, 0.25) is 12.3 Å². The van der Waals surface area contributed by atoms with Gasteiger partial charge in [-0.25, -0.2) is 4.79 Å². The summed E-state index contributed by atoms with van der Waals surface area (Å²) in [5.74, 6) is -0.585. The molecule has 0 spiro atoms. The van der Waals surface area contributed by atoms with E-state index in [4.69, 9.17) is 4.74 Å². The molecule has 3 aromatic carbocycles. The van der Waals surface area contributed by atoms with Crippen molar-refractivity contribution in [3.8, 4) is 5.75 Å². The topological polar surface area (TPSA) is 154 Å². The molecule has 2 aliphatic rings. The van der Waals surface area contributed by atoms with E-state index in [1.165, 1.54) is 24.3 Å². The number of rotatable bonds is 8. The number of nitrogens with one attached hydrogen (secondary N) is 2. The lowest BCUT2D eigenvalue weighted by Gasteiger charge is -2.28. The molecule has 3 N–H and O–H groups in total. The van der Waals surface area contributed by atoms with Gasteiger partial charge in [0.15, 0.2) is 0 Å². The zero-order valence-electron chi connectivity index (χ0n) is 24.5. The second kappa shape index (κ2) is 14.4. The Morgan fingerprint density at radius 2 is 1.77 bits per heavy atom. The highest BCUT2D eigenvalue weighted by Crippen LogP contribution is 2.47. The Morgan fingerprint density at radius 3 is 2.30 bits per heavy atom. The quantitative estimate of drug-likeness (QED) is 0.180. The summed E-state index contributed by atoms with van der Waals surface area (Å²) in [6.07, 6.45) is -0.162. The first-order valence-electron chi connectivity index (χ1n) is 14.0. The summed E-state index contributed by atoms with van der Waals surface area (Å²) in [7, 11) is 1.94. The van der Waals surface area contributed by atoms with Crippen LogP contribution in [0.2, 0.25) is 0 Å². The van der Waals surface area contributed by atoms with Crippen LogP contribution in [0.3, 0.4) is 0 Å². The molecule has 3 atom stereocenters. The maximum absolute atomic E-state index is 12.5. The highest BCUT2D eigenvalue weighted by atomic mass is 79.9. The summed E-state index contributed by atoms with van der Waals surface area (Å²) in [6, 6.07) is 17.6. The highest BCUT2D eigenvalue weighted by molar-refractivity contribution is 9.10. The van der Waals surface area contributed by atoms with Gasteiger partial charge < -0.3 is 20.1 Å². The largest absolute Gasteiger partial charge is 0.490 e. The molecule has 2 aliphatic heterocycles. The van der Waals surface area contributed by atoms with Crippen molar-refractivity contribution in [2.24, 2.45) is 0 Å². The number of nitro benzene ring substituents is 1. The number of hydrogen-bond donors (Lipinski definition) is 3. The van der Waals surface area contributed by atoms with Gasteiger partial charge in [-0.15, -0.1) is 0 Å². The summed E-state index contributed by atoms with van der Waals surface area (Å²) >= 11 is 3.44. The molecule has 2 saturated heterocycles. The van der Waals surface area contributed by atoms with Gasteiger partial charge in [-0.2, -0.15) is 0 Å². The lowest BCUT2D eigenvalue weighted by atomic mass is 9.93. The van der Waals surface area contributed by atoms with Crippen LogP contribution < -0.4 is 15.4 Å². The van der Waals surface area contributed by atoms with E-state index in [0.29, 0.717) is 17.9 Å². The number of carbonyl (C=O) groups is 3. The number of nitrogens with zero attached hydrogens (tertiary/aromatic N) is 3. The van der Waals surface area contributed by atoms with Crippen LogP contribution in [0.5, 0.6) is 5.75 Å². The number of ether oxygens (including phenoxy) is 1. The van der Waals surface area contributed by atoms with Gasteiger partial charge in [-0.3, -0.25) is 29.9 Å². The first-order chi connectivity index (χ1) is 21.0. The number of halogens is 1. The summed E-state index contributed by atoms with van der Waals surface area (Å²) in [4.78, 5) is 48.9. The number of carboxylic acids is 1.